The van der Waals surface area contributed by atoms with Crippen molar-refractivity contribution in [2.24, 2.45) is 7.05 Å². The number of fused-ring (bicyclic) bond motifs is 1. The van der Waals surface area contributed by atoms with E-state index in [1.807, 2.05) is 50.0 Å². The molecule has 0 saturated carbocycles. The van der Waals surface area contributed by atoms with Crippen LogP contribution in [0.15, 0.2) is 73.4 Å². The summed E-state index contributed by atoms with van der Waals surface area (Å²) in [5, 5.41) is 19.2. The number of nitrogens with zero attached hydrogens (tertiary/aromatic N) is 8. The third kappa shape index (κ3) is 4.55. The Kier molecular flexibility index (Phi) is 6.08. The molecule has 0 aliphatic carbocycles. The smallest absolute Gasteiger partial charge is 0.128 e. The second-order valence-corrected chi connectivity index (χ2v) is 9.68. The van der Waals surface area contributed by atoms with Crippen LogP contribution in [0.1, 0.15) is 11.1 Å². The highest BCUT2D eigenvalue weighted by Crippen LogP contribution is 2.32. The van der Waals surface area contributed by atoms with E-state index in [1.54, 1.807) is 15.4 Å². The Morgan fingerprint density at radius 1 is 0.919 bits per heavy atom. The maximum atomic E-state index is 9.68. The van der Waals surface area contributed by atoms with Crippen molar-refractivity contribution in [2.75, 3.05) is 31.1 Å². The Balaban J connectivity index is 1.24. The molecule has 1 aliphatic rings. The van der Waals surface area contributed by atoms with Crippen LogP contribution in [-0.4, -0.2) is 55.5 Å². The van der Waals surface area contributed by atoms with Crippen LogP contribution in [0.5, 0.6) is 0 Å². The summed E-state index contributed by atoms with van der Waals surface area (Å²) in [5.74, 6) is 0.953. The molecule has 1 aliphatic heterocycles. The highest BCUT2D eigenvalue weighted by atomic mass is 35.5. The van der Waals surface area contributed by atoms with Gasteiger partial charge in [-0.1, -0.05) is 29.8 Å². The van der Waals surface area contributed by atoms with Crippen LogP contribution >= 0.6 is 11.6 Å². The van der Waals surface area contributed by atoms with Crippen LogP contribution in [0, 0.1) is 11.3 Å². The first kappa shape index (κ1) is 23.2. The topological polar surface area (TPSA) is 78.3 Å². The van der Waals surface area contributed by atoms with Gasteiger partial charge in [0.15, 0.2) is 0 Å². The normalized spacial score (nSPS) is 14.2. The number of pyridine rings is 2. The summed E-state index contributed by atoms with van der Waals surface area (Å²) in [6, 6.07) is 16.5. The number of hydrogen-bond acceptors (Lipinski definition) is 6. The van der Waals surface area contributed by atoms with E-state index in [2.05, 4.69) is 50.3 Å². The van der Waals surface area contributed by atoms with Gasteiger partial charge >= 0.3 is 0 Å². The molecular formula is C28H25ClN8. The van der Waals surface area contributed by atoms with E-state index in [4.69, 9.17) is 16.6 Å². The first-order valence-corrected chi connectivity index (χ1v) is 12.5. The molecule has 4 aromatic heterocycles. The number of benzene rings is 1. The molecule has 1 fully saturated rings. The van der Waals surface area contributed by atoms with E-state index < -0.39 is 0 Å². The minimum Gasteiger partial charge on any atom is -0.354 e. The monoisotopic (exact) mass is 508 g/mol. The summed E-state index contributed by atoms with van der Waals surface area (Å²) < 4.78 is 3.54. The molecule has 0 spiro atoms. The summed E-state index contributed by atoms with van der Waals surface area (Å²) in [6.45, 7) is 4.56. The molecule has 0 atom stereocenters. The predicted octanol–water partition coefficient (Wildman–Crippen LogP) is 4.64. The Labute approximate surface area is 220 Å². The van der Waals surface area contributed by atoms with E-state index in [1.165, 1.54) is 0 Å². The number of piperazine rings is 1. The number of aryl methyl sites for hydroxylation is 1. The Hall–Kier alpha value is -4.19. The molecule has 0 N–H and O–H groups in total. The van der Waals surface area contributed by atoms with Gasteiger partial charge in [-0.15, -0.1) is 0 Å². The lowest BCUT2D eigenvalue weighted by Crippen LogP contribution is -2.46. The summed E-state index contributed by atoms with van der Waals surface area (Å²) >= 11 is 6.35. The van der Waals surface area contributed by atoms with Crippen molar-refractivity contribution in [3.8, 4) is 28.3 Å². The average Bonchev–Trinajstić information content (AvgIpc) is 3.56. The Morgan fingerprint density at radius 2 is 1.76 bits per heavy atom. The highest BCUT2D eigenvalue weighted by Gasteiger charge is 2.20. The van der Waals surface area contributed by atoms with E-state index in [9.17, 15) is 5.26 Å². The van der Waals surface area contributed by atoms with Gasteiger partial charge in [-0.05, 0) is 29.8 Å². The molecule has 1 saturated heterocycles. The first-order chi connectivity index (χ1) is 18.1. The average molecular weight is 509 g/mol. The van der Waals surface area contributed by atoms with Gasteiger partial charge in [0.05, 0.1) is 23.5 Å². The van der Waals surface area contributed by atoms with Crippen molar-refractivity contribution in [2.45, 2.75) is 6.54 Å². The van der Waals surface area contributed by atoms with Crippen molar-refractivity contribution in [1.29, 1.82) is 5.26 Å². The van der Waals surface area contributed by atoms with E-state index in [-0.39, 0.29) is 0 Å². The van der Waals surface area contributed by atoms with Crippen LogP contribution < -0.4 is 4.90 Å². The maximum Gasteiger partial charge on any atom is 0.128 e. The Morgan fingerprint density at radius 3 is 2.46 bits per heavy atom. The van der Waals surface area contributed by atoms with Gasteiger partial charge in [0.25, 0.3) is 0 Å². The zero-order valence-electron chi connectivity index (χ0n) is 20.4. The lowest BCUT2D eigenvalue weighted by Gasteiger charge is -2.35. The number of hydrogen-bond donors (Lipinski definition) is 0. The summed E-state index contributed by atoms with van der Waals surface area (Å²) in [5.41, 5.74) is 6.29. The summed E-state index contributed by atoms with van der Waals surface area (Å²) in [7, 11) is 1.89. The number of halogens is 1. The molecule has 5 heterocycles. The molecule has 0 radical (unpaired) electrons. The van der Waals surface area contributed by atoms with Gasteiger partial charge in [-0.3, -0.25) is 9.58 Å². The van der Waals surface area contributed by atoms with Gasteiger partial charge in [0.1, 0.15) is 11.9 Å². The third-order valence-electron chi connectivity index (χ3n) is 6.88. The van der Waals surface area contributed by atoms with Crippen molar-refractivity contribution >= 4 is 22.9 Å². The van der Waals surface area contributed by atoms with Crippen LogP contribution in [0.25, 0.3) is 27.8 Å². The van der Waals surface area contributed by atoms with Crippen LogP contribution in [-0.2, 0) is 13.6 Å². The molecule has 6 rings (SSSR count). The van der Waals surface area contributed by atoms with Crippen molar-refractivity contribution in [3.05, 3.63) is 89.6 Å². The second-order valence-electron chi connectivity index (χ2n) is 9.27. The molecule has 0 bridgehead atoms. The van der Waals surface area contributed by atoms with Crippen LogP contribution in [0.4, 0.5) is 5.82 Å². The fraction of sp³-hybridized carbons (Fsp3) is 0.214. The molecule has 37 heavy (non-hydrogen) atoms. The molecule has 184 valence electrons. The second kappa shape index (κ2) is 9.69. The van der Waals surface area contributed by atoms with Gasteiger partial charge in [0, 0.05) is 85.6 Å². The highest BCUT2D eigenvalue weighted by molar-refractivity contribution is 6.31. The molecule has 5 aromatic rings. The number of aromatic nitrogens is 5. The lowest BCUT2D eigenvalue weighted by atomic mass is 10.0. The minimum absolute atomic E-state index is 0.534. The molecule has 8 nitrogen and oxygen atoms in total. The van der Waals surface area contributed by atoms with Gasteiger partial charge in [-0.25, -0.2) is 9.50 Å². The summed E-state index contributed by atoms with van der Waals surface area (Å²) in [6.07, 6.45) is 9.22. The zero-order chi connectivity index (χ0) is 25.4. The molecule has 9 heteroatoms. The fourth-order valence-electron chi connectivity index (χ4n) is 4.89. The van der Waals surface area contributed by atoms with E-state index in [0.29, 0.717) is 5.56 Å². The van der Waals surface area contributed by atoms with Crippen LogP contribution in [0.2, 0.25) is 5.02 Å². The predicted molar refractivity (Wildman–Crippen MR) is 144 cm³/mol. The third-order valence-corrected chi connectivity index (χ3v) is 7.25. The van der Waals surface area contributed by atoms with Crippen LogP contribution in [0.3, 0.4) is 0 Å². The van der Waals surface area contributed by atoms with Gasteiger partial charge in [0.2, 0.25) is 0 Å². The van der Waals surface area contributed by atoms with Crippen molar-refractivity contribution in [3.63, 3.8) is 0 Å². The number of anilines is 1. The number of rotatable bonds is 5. The number of nitriles is 1. The molecular weight excluding hydrogens is 484 g/mol. The lowest BCUT2D eigenvalue weighted by molar-refractivity contribution is 0.249. The summed E-state index contributed by atoms with van der Waals surface area (Å²) in [4.78, 5) is 9.55. The molecule has 0 amide bonds. The van der Waals surface area contributed by atoms with Gasteiger partial charge in [-0.2, -0.15) is 15.5 Å². The zero-order valence-corrected chi connectivity index (χ0v) is 21.2. The fourth-order valence-corrected chi connectivity index (χ4v) is 5.08. The SMILES string of the molecule is Cn1cc(-c2cc(-c3ccc(N4CCN(Cc5ccccc5Cl)CC4)nc3)c3c(C#N)cnn3c2)cn1. The van der Waals surface area contributed by atoms with Crippen molar-refractivity contribution in [1.82, 2.24) is 29.3 Å². The standard InChI is InChI=1S/C28H25ClN8/c1-34-17-24(16-32-34)22-12-25(28-23(13-30)15-33-37(28)19-22)20-6-7-27(31-14-20)36-10-8-35(9-11-36)18-21-4-2-3-5-26(21)29/h2-7,12,14-17,19H,8-11,18H2,1H3. The van der Waals surface area contributed by atoms with E-state index >= 15 is 0 Å². The Bertz CT molecular complexity index is 1600. The molecule has 0 unspecified atom stereocenters. The van der Waals surface area contributed by atoms with E-state index in [0.717, 1.165) is 76.9 Å². The molecule has 1 aromatic carbocycles. The largest absolute Gasteiger partial charge is 0.354 e. The van der Waals surface area contributed by atoms with Gasteiger partial charge < -0.3 is 4.90 Å². The maximum absolute atomic E-state index is 9.68. The first-order valence-electron chi connectivity index (χ1n) is 12.2. The minimum atomic E-state index is 0.534. The quantitative estimate of drug-likeness (QED) is 0.344. The van der Waals surface area contributed by atoms with Crippen molar-refractivity contribution < 1.29 is 0 Å².